The highest BCUT2D eigenvalue weighted by Crippen LogP contribution is 2.54. The van der Waals surface area contributed by atoms with Gasteiger partial charge in [-0.2, -0.15) is 39.5 Å². The number of carbonyl (C=O) groups is 2. The van der Waals surface area contributed by atoms with Gasteiger partial charge in [-0.25, -0.2) is 9.59 Å². The van der Waals surface area contributed by atoms with E-state index in [4.69, 9.17) is 9.47 Å². The minimum Gasteiger partial charge on any atom is -0.459 e. The Morgan fingerprint density at radius 1 is 0.786 bits per heavy atom. The summed E-state index contributed by atoms with van der Waals surface area (Å²) in [7, 11) is 0. The highest BCUT2D eigenvalue weighted by atomic mass is 19.4. The predicted molar refractivity (Wildman–Crippen MR) is 134 cm³/mol. The van der Waals surface area contributed by atoms with Crippen molar-refractivity contribution in [2.45, 2.75) is 95.3 Å². The van der Waals surface area contributed by atoms with Crippen molar-refractivity contribution < 1.29 is 63.3 Å². The fourth-order valence-corrected chi connectivity index (χ4v) is 3.88. The third-order valence-electron chi connectivity index (χ3n) is 6.34. The van der Waals surface area contributed by atoms with Gasteiger partial charge in [0.15, 0.2) is 0 Å². The average molecular weight is 619 g/mol. The molecule has 5 nitrogen and oxygen atoms in total. The number of halogens is 9. The lowest BCUT2D eigenvalue weighted by atomic mass is 9.99. The topological polar surface area (TPSA) is 61.8 Å². The van der Waals surface area contributed by atoms with Gasteiger partial charge < -0.3 is 14.2 Å². The second kappa shape index (κ2) is 14.3. The van der Waals surface area contributed by atoms with Gasteiger partial charge in [0.1, 0.15) is 5.75 Å². The molecule has 0 heterocycles. The molecule has 1 atom stereocenters. The zero-order chi connectivity index (χ0) is 31.8. The fourth-order valence-electron chi connectivity index (χ4n) is 3.88. The van der Waals surface area contributed by atoms with Crippen molar-refractivity contribution in [1.82, 2.24) is 0 Å². The molecular weight excluding hydrogens is 587 g/mol. The SMILES string of the molecule is CCCCCC[C@@H](C)OC(=O)c1ccc2cc(OC(=O)OCCCCC(F)(F)C(F)(F)C(F)(F)C(F)(F)F)ccc2c1. The zero-order valence-electron chi connectivity index (χ0n) is 22.8. The second-order valence-corrected chi connectivity index (χ2v) is 9.80. The Kier molecular flexibility index (Phi) is 11.9. The molecule has 236 valence electrons. The Bertz CT molecular complexity index is 1200. The van der Waals surface area contributed by atoms with Crippen LogP contribution < -0.4 is 4.74 Å². The van der Waals surface area contributed by atoms with Crippen LogP contribution in [-0.2, 0) is 9.47 Å². The molecule has 0 fully saturated rings. The molecule has 0 aromatic heterocycles. The van der Waals surface area contributed by atoms with E-state index in [0.29, 0.717) is 16.3 Å². The summed E-state index contributed by atoms with van der Waals surface area (Å²) in [6.07, 6.45) is -6.97. The zero-order valence-corrected chi connectivity index (χ0v) is 22.8. The molecule has 0 saturated carbocycles. The van der Waals surface area contributed by atoms with Crippen LogP contribution in [0, 0.1) is 0 Å². The van der Waals surface area contributed by atoms with Crippen LogP contribution >= 0.6 is 0 Å². The van der Waals surface area contributed by atoms with Crippen LogP contribution in [0.15, 0.2) is 36.4 Å². The maximum absolute atomic E-state index is 13.5. The average Bonchev–Trinajstić information content (AvgIpc) is 2.89. The number of unbranched alkanes of at least 4 members (excludes halogenated alkanes) is 4. The summed E-state index contributed by atoms with van der Waals surface area (Å²) >= 11 is 0. The molecule has 0 N–H and O–H groups in total. The Morgan fingerprint density at radius 2 is 1.43 bits per heavy atom. The highest BCUT2D eigenvalue weighted by Gasteiger charge is 2.81. The predicted octanol–water partition coefficient (Wildman–Crippen LogP) is 9.51. The molecule has 0 aliphatic heterocycles. The van der Waals surface area contributed by atoms with Crippen molar-refractivity contribution in [3.63, 3.8) is 0 Å². The molecular formula is C28H31F9O5. The molecule has 0 spiro atoms. The summed E-state index contributed by atoms with van der Waals surface area (Å²) in [5, 5.41) is 1.19. The molecule has 0 aliphatic rings. The first-order valence-corrected chi connectivity index (χ1v) is 13.2. The number of benzene rings is 2. The van der Waals surface area contributed by atoms with Crippen LogP contribution in [0.2, 0.25) is 0 Å². The van der Waals surface area contributed by atoms with Crippen LogP contribution in [0.3, 0.4) is 0 Å². The van der Waals surface area contributed by atoms with Gasteiger partial charge in [0.2, 0.25) is 0 Å². The summed E-state index contributed by atoms with van der Waals surface area (Å²) < 4.78 is 131. The smallest absolute Gasteiger partial charge is 0.459 e. The summed E-state index contributed by atoms with van der Waals surface area (Å²) in [5.74, 6) is -19.8. The van der Waals surface area contributed by atoms with E-state index in [1.54, 1.807) is 18.2 Å². The molecule has 14 heteroatoms. The summed E-state index contributed by atoms with van der Waals surface area (Å²) in [4.78, 5) is 24.3. The molecule has 2 aromatic rings. The van der Waals surface area contributed by atoms with Gasteiger partial charge in [-0.1, -0.05) is 38.3 Å². The van der Waals surface area contributed by atoms with Crippen LogP contribution in [-0.4, -0.2) is 48.8 Å². The fraction of sp³-hybridized carbons (Fsp3) is 0.571. The van der Waals surface area contributed by atoms with Crippen LogP contribution in [0.5, 0.6) is 5.75 Å². The second-order valence-electron chi connectivity index (χ2n) is 9.80. The lowest BCUT2D eigenvalue weighted by Crippen LogP contribution is -2.60. The van der Waals surface area contributed by atoms with E-state index in [2.05, 4.69) is 11.7 Å². The normalized spacial score (nSPS) is 13.6. The molecule has 0 aliphatic carbocycles. The maximum atomic E-state index is 13.5. The van der Waals surface area contributed by atoms with Gasteiger partial charge in [0, 0.05) is 6.42 Å². The Morgan fingerprint density at radius 3 is 2.07 bits per heavy atom. The van der Waals surface area contributed by atoms with Crippen molar-refractivity contribution in [3.05, 3.63) is 42.0 Å². The number of hydrogen-bond donors (Lipinski definition) is 0. The van der Waals surface area contributed by atoms with Crippen molar-refractivity contribution in [3.8, 4) is 5.75 Å². The summed E-state index contributed by atoms with van der Waals surface area (Å²) in [5.41, 5.74) is 0.321. The van der Waals surface area contributed by atoms with Crippen molar-refractivity contribution in [2.24, 2.45) is 0 Å². The van der Waals surface area contributed by atoms with Crippen molar-refractivity contribution >= 4 is 22.9 Å². The summed E-state index contributed by atoms with van der Waals surface area (Å²) in [6.45, 7) is 3.26. The lowest BCUT2D eigenvalue weighted by Gasteiger charge is -2.33. The van der Waals surface area contributed by atoms with E-state index in [1.165, 1.54) is 18.2 Å². The molecule has 0 amide bonds. The van der Waals surface area contributed by atoms with Crippen molar-refractivity contribution in [1.29, 1.82) is 0 Å². The van der Waals surface area contributed by atoms with Crippen LogP contribution in [0.1, 0.15) is 75.6 Å². The number of esters is 1. The van der Waals surface area contributed by atoms with Gasteiger partial charge in [0.25, 0.3) is 0 Å². The van der Waals surface area contributed by atoms with Crippen LogP contribution in [0.25, 0.3) is 10.8 Å². The number of rotatable bonds is 15. The Hall–Kier alpha value is -3.19. The third kappa shape index (κ3) is 8.90. The first-order chi connectivity index (χ1) is 19.4. The van der Waals surface area contributed by atoms with Gasteiger partial charge >= 0.3 is 36.1 Å². The van der Waals surface area contributed by atoms with E-state index >= 15 is 0 Å². The maximum Gasteiger partial charge on any atom is 0.513 e. The van der Waals surface area contributed by atoms with E-state index in [-0.39, 0.29) is 11.9 Å². The van der Waals surface area contributed by atoms with E-state index in [0.717, 1.165) is 32.1 Å². The molecule has 0 bridgehead atoms. The number of alkyl halides is 9. The van der Waals surface area contributed by atoms with E-state index < -0.39 is 61.9 Å². The monoisotopic (exact) mass is 618 g/mol. The third-order valence-corrected chi connectivity index (χ3v) is 6.34. The molecule has 2 aromatic carbocycles. The van der Waals surface area contributed by atoms with Crippen molar-refractivity contribution in [2.75, 3.05) is 6.61 Å². The molecule has 0 unspecified atom stereocenters. The van der Waals surface area contributed by atoms with Gasteiger partial charge in [0.05, 0.1) is 18.3 Å². The summed E-state index contributed by atoms with van der Waals surface area (Å²) in [6, 6.07) is 9.06. The van der Waals surface area contributed by atoms with Gasteiger partial charge in [-0.15, -0.1) is 0 Å². The number of carbonyl (C=O) groups excluding carboxylic acids is 2. The minimum absolute atomic E-state index is 0.00378. The van der Waals surface area contributed by atoms with E-state index in [1.807, 2.05) is 6.92 Å². The van der Waals surface area contributed by atoms with Gasteiger partial charge in [-0.3, -0.25) is 0 Å². The van der Waals surface area contributed by atoms with Crippen LogP contribution in [0.4, 0.5) is 44.3 Å². The molecule has 0 radical (unpaired) electrons. The minimum atomic E-state index is -6.94. The number of ether oxygens (including phenoxy) is 3. The standard InChI is InChI=1S/C28H31F9O5/c1-3-4-5-6-9-18(2)41-23(38)21-11-10-20-17-22(13-12-19(20)16-21)42-24(39)40-15-8-7-14-25(29,30)26(31,32)27(33,34)28(35,36)37/h10-13,16-18H,3-9,14-15H2,1-2H3/t18-/m1/s1. The lowest BCUT2D eigenvalue weighted by molar-refractivity contribution is -0.396. The first kappa shape index (κ1) is 35.0. The molecule has 2 rings (SSSR count). The first-order valence-electron chi connectivity index (χ1n) is 13.2. The quantitative estimate of drug-likeness (QED) is 0.0861. The largest absolute Gasteiger partial charge is 0.513 e. The highest BCUT2D eigenvalue weighted by molar-refractivity contribution is 5.96. The molecule has 42 heavy (non-hydrogen) atoms. The Balaban J connectivity index is 1.84. The number of hydrogen-bond acceptors (Lipinski definition) is 5. The van der Waals surface area contributed by atoms with E-state index in [9.17, 15) is 49.1 Å². The Labute approximate surface area is 236 Å². The molecule has 0 saturated heterocycles. The van der Waals surface area contributed by atoms with Gasteiger partial charge in [-0.05, 0) is 67.6 Å². The number of fused-ring (bicyclic) bond motifs is 1.